The van der Waals surface area contributed by atoms with Crippen molar-refractivity contribution in [1.29, 1.82) is 0 Å². The van der Waals surface area contributed by atoms with Crippen LogP contribution < -0.4 is 10.1 Å². The summed E-state index contributed by atoms with van der Waals surface area (Å²) in [6.45, 7) is 7.19. The number of hydrogen-bond donors (Lipinski definition) is 1. The summed E-state index contributed by atoms with van der Waals surface area (Å²) in [7, 11) is 0. The lowest BCUT2D eigenvalue weighted by molar-refractivity contribution is 0.190. The molecule has 0 saturated carbocycles. The van der Waals surface area contributed by atoms with Gasteiger partial charge in [-0.25, -0.2) is 0 Å². The van der Waals surface area contributed by atoms with Gasteiger partial charge in [-0.2, -0.15) is 0 Å². The molecule has 0 spiro atoms. The molecule has 1 N–H and O–H groups in total. The molecule has 5 heteroatoms. The zero-order valence-electron chi connectivity index (χ0n) is 12.6. The highest BCUT2D eigenvalue weighted by Crippen LogP contribution is 2.27. The lowest BCUT2D eigenvalue weighted by atomic mass is 10.0. The molecule has 1 aliphatic heterocycles. The number of nitrogens with zero attached hydrogens (tertiary/aromatic N) is 1. The third kappa shape index (κ3) is 5.78. The summed E-state index contributed by atoms with van der Waals surface area (Å²) in [4.78, 5) is 2.45. The van der Waals surface area contributed by atoms with Gasteiger partial charge in [-0.3, -0.25) is 4.90 Å². The average Bonchev–Trinajstić information content (AvgIpc) is 2.49. The van der Waals surface area contributed by atoms with E-state index in [1.807, 2.05) is 18.2 Å². The third-order valence-corrected chi connectivity index (χ3v) is 4.75. The van der Waals surface area contributed by atoms with Crippen molar-refractivity contribution < 1.29 is 4.74 Å². The van der Waals surface area contributed by atoms with Gasteiger partial charge in [0.1, 0.15) is 12.4 Å². The summed E-state index contributed by atoms with van der Waals surface area (Å²) in [6, 6.07) is 6.26. The van der Waals surface area contributed by atoms with E-state index < -0.39 is 0 Å². The van der Waals surface area contributed by atoms with E-state index in [2.05, 4.69) is 33.1 Å². The molecule has 0 radical (unpaired) electrons. The lowest BCUT2D eigenvalue weighted by Gasteiger charge is -2.29. The Balaban J connectivity index is 1.74. The van der Waals surface area contributed by atoms with Gasteiger partial charge in [0.05, 0.1) is 4.47 Å². The van der Waals surface area contributed by atoms with Crippen LogP contribution in [-0.2, 0) is 0 Å². The topological polar surface area (TPSA) is 24.5 Å². The Kier molecular flexibility index (Phi) is 7.30. The van der Waals surface area contributed by atoms with E-state index in [0.717, 1.165) is 36.4 Å². The maximum absolute atomic E-state index is 5.93. The van der Waals surface area contributed by atoms with Crippen LogP contribution in [0.15, 0.2) is 22.7 Å². The Morgan fingerprint density at radius 2 is 2.29 bits per heavy atom. The van der Waals surface area contributed by atoms with Gasteiger partial charge in [0.15, 0.2) is 0 Å². The molecule has 1 unspecified atom stereocenters. The second-order valence-electron chi connectivity index (χ2n) is 5.46. The van der Waals surface area contributed by atoms with Crippen molar-refractivity contribution in [2.75, 3.05) is 32.8 Å². The highest BCUT2D eigenvalue weighted by molar-refractivity contribution is 9.10. The molecule has 0 bridgehead atoms. The predicted molar refractivity (Wildman–Crippen MR) is 92.4 cm³/mol. The lowest BCUT2D eigenvalue weighted by Crippen LogP contribution is -2.44. The number of rotatable bonds is 7. The first-order chi connectivity index (χ1) is 10.2. The van der Waals surface area contributed by atoms with Crippen molar-refractivity contribution in [2.45, 2.75) is 32.2 Å². The normalized spacial score (nSPS) is 19.0. The van der Waals surface area contributed by atoms with E-state index >= 15 is 0 Å². The zero-order valence-corrected chi connectivity index (χ0v) is 14.9. The Morgan fingerprint density at radius 3 is 2.95 bits per heavy atom. The van der Waals surface area contributed by atoms with E-state index in [1.165, 1.54) is 19.3 Å². The third-order valence-electron chi connectivity index (χ3n) is 3.90. The molecule has 1 atom stereocenters. The minimum atomic E-state index is 0.640. The second kappa shape index (κ2) is 8.99. The van der Waals surface area contributed by atoms with Crippen molar-refractivity contribution in [2.24, 2.45) is 0 Å². The fraction of sp³-hybridized carbons (Fsp3) is 0.625. The van der Waals surface area contributed by atoms with Gasteiger partial charge in [-0.1, -0.05) is 24.9 Å². The smallest absolute Gasteiger partial charge is 0.133 e. The molecule has 1 aliphatic rings. The minimum Gasteiger partial charge on any atom is -0.491 e. The van der Waals surface area contributed by atoms with E-state index in [4.69, 9.17) is 16.3 Å². The Bertz CT molecular complexity index is 438. The van der Waals surface area contributed by atoms with Gasteiger partial charge < -0.3 is 10.1 Å². The van der Waals surface area contributed by atoms with Crippen molar-refractivity contribution in [3.05, 3.63) is 27.7 Å². The van der Waals surface area contributed by atoms with Crippen LogP contribution in [0.3, 0.4) is 0 Å². The number of ether oxygens (including phenoxy) is 1. The van der Waals surface area contributed by atoms with E-state index in [1.54, 1.807) is 0 Å². The fourth-order valence-corrected chi connectivity index (χ4v) is 3.44. The zero-order chi connectivity index (χ0) is 15.1. The Labute approximate surface area is 141 Å². The first kappa shape index (κ1) is 17.1. The molecule has 1 saturated heterocycles. The van der Waals surface area contributed by atoms with E-state index in [0.29, 0.717) is 17.7 Å². The number of piperidine rings is 1. The van der Waals surface area contributed by atoms with Crippen LogP contribution >= 0.6 is 27.5 Å². The van der Waals surface area contributed by atoms with Crippen LogP contribution in [0.5, 0.6) is 5.75 Å². The van der Waals surface area contributed by atoms with Crippen LogP contribution in [0.25, 0.3) is 0 Å². The average molecular weight is 376 g/mol. The molecule has 1 aromatic rings. The van der Waals surface area contributed by atoms with Crippen molar-refractivity contribution >= 4 is 27.5 Å². The SMILES string of the molecule is CCN(CCOc1ccc(Cl)cc1Br)CC1CCCCN1. The monoisotopic (exact) mass is 374 g/mol. The maximum atomic E-state index is 5.93. The van der Waals surface area contributed by atoms with Crippen LogP contribution in [0, 0.1) is 0 Å². The second-order valence-corrected chi connectivity index (χ2v) is 6.75. The number of nitrogens with one attached hydrogen (secondary N) is 1. The first-order valence-corrected chi connectivity index (χ1v) is 8.89. The molecule has 1 heterocycles. The highest BCUT2D eigenvalue weighted by atomic mass is 79.9. The summed E-state index contributed by atoms with van der Waals surface area (Å²) in [6.07, 6.45) is 3.96. The summed E-state index contributed by atoms with van der Waals surface area (Å²) in [5, 5.41) is 4.32. The van der Waals surface area contributed by atoms with Crippen molar-refractivity contribution in [3.63, 3.8) is 0 Å². The summed E-state index contributed by atoms with van der Waals surface area (Å²) in [5.74, 6) is 0.853. The molecular formula is C16H24BrClN2O. The van der Waals surface area contributed by atoms with Crippen LogP contribution in [-0.4, -0.2) is 43.7 Å². The molecule has 0 amide bonds. The molecule has 0 aromatic heterocycles. The maximum Gasteiger partial charge on any atom is 0.133 e. The first-order valence-electron chi connectivity index (χ1n) is 7.72. The molecule has 2 rings (SSSR count). The van der Waals surface area contributed by atoms with Gasteiger partial charge in [0, 0.05) is 24.2 Å². The summed E-state index contributed by atoms with van der Waals surface area (Å²) < 4.78 is 6.75. The molecule has 3 nitrogen and oxygen atoms in total. The number of benzene rings is 1. The molecule has 21 heavy (non-hydrogen) atoms. The van der Waals surface area contributed by atoms with Gasteiger partial charge >= 0.3 is 0 Å². The van der Waals surface area contributed by atoms with Crippen molar-refractivity contribution in [3.8, 4) is 5.75 Å². The molecular weight excluding hydrogens is 352 g/mol. The van der Waals surface area contributed by atoms with E-state index in [-0.39, 0.29) is 0 Å². The molecule has 1 fully saturated rings. The molecule has 0 aliphatic carbocycles. The van der Waals surface area contributed by atoms with Gasteiger partial charge in [0.25, 0.3) is 0 Å². The number of halogens is 2. The van der Waals surface area contributed by atoms with Crippen LogP contribution in [0.2, 0.25) is 5.02 Å². The summed E-state index contributed by atoms with van der Waals surface area (Å²) >= 11 is 9.41. The van der Waals surface area contributed by atoms with Crippen molar-refractivity contribution in [1.82, 2.24) is 10.2 Å². The quantitative estimate of drug-likeness (QED) is 0.781. The number of hydrogen-bond acceptors (Lipinski definition) is 3. The Morgan fingerprint density at radius 1 is 1.43 bits per heavy atom. The Hall–Kier alpha value is -0.290. The summed E-state index contributed by atoms with van der Waals surface area (Å²) in [5.41, 5.74) is 0. The highest BCUT2D eigenvalue weighted by Gasteiger charge is 2.15. The number of likely N-dealkylation sites (N-methyl/N-ethyl adjacent to an activating group) is 1. The van der Waals surface area contributed by atoms with Gasteiger partial charge in [-0.15, -0.1) is 0 Å². The van der Waals surface area contributed by atoms with E-state index in [9.17, 15) is 0 Å². The fourth-order valence-electron chi connectivity index (χ4n) is 2.65. The minimum absolute atomic E-state index is 0.640. The van der Waals surface area contributed by atoms with Gasteiger partial charge in [0.2, 0.25) is 0 Å². The van der Waals surface area contributed by atoms with Crippen LogP contribution in [0.1, 0.15) is 26.2 Å². The van der Waals surface area contributed by atoms with Crippen LogP contribution in [0.4, 0.5) is 0 Å². The molecule has 118 valence electrons. The standard InChI is InChI=1S/C16H24BrClN2O/c1-2-20(12-14-5-3-4-8-19-14)9-10-21-16-7-6-13(18)11-15(16)17/h6-7,11,14,19H,2-5,8-10,12H2,1H3. The van der Waals surface area contributed by atoms with Gasteiger partial charge in [-0.05, 0) is 60.1 Å². The predicted octanol–water partition coefficient (Wildman–Crippen LogP) is 3.95. The molecule has 1 aromatic carbocycles. The largest absolute Gasteiger partial charge is 0.491 e.